The molecule has 0 saturated heterocycles. The second kappa shape index (κ2) is 11.2. The SMILES string of the molecule is C=CC(=O)Nc1cc(Nc2nc(-n3nnc4cc(F)ccc43)c3sccc3n2)c(OC)cc1N(C)CCN(C)C. The van der Waals surface area contributed by atoms with Crippen LogP contribution in [0.1, 0.15) is 0 Å². The van der Waals surface area contributed by atoms with Crippen LogP contribution in [0.2, 0.25) is 0 Å². The van der Waals surface area contributed by atoms with Crippen LogP contribution in [0, 0.1) is 5.82 Å². The minimum atomic E-state index is -0.395. The van der Waals surface area contributed by atoms with Crippen LogP contribution in [0.5, 0.6) is 5.75 Å². The molecule has 3 heterocycles. The number of amides is 1. The zero-order valence-corrected chi connectivity index (χ0v) is 23.3. The van der Waals surface area contributed by atoms with Crippen molar-refractivity contribution in [2.45, 2.75) is 0 Å². The summed E-state index contributed by atoms with van der Waals surface area (Å²) in [4.78, 5) is 25.8. The number of hydrogen-bond donors (Lipinski definition) is 2. The summed E-state index contributed by atoms with van der Waals surface area (Å²) >= 11 is 1.46. The van der Waals surface area contributed by atoms with Crippen molar-refractivity contribution >= 4 is 61.5 Å². The van der Waals surface area contributed by atoms with E-state index in [0.29, 0.717) is 39.5 Å². The molecule has 0 saturated carbocycles. The third-order valence-electron chi connectivity index (χ3n) is 6.20. The van der Waals surface area contributed by atoms with Gasteiger partial charge in [0.05, 0.1) is 39.9 Å². The topological polar surface area (TPSA) is 113 Å². The molecule has 0 fully saturated rings. The van der Waals surface area contributed by atoms with E-state index >= 15 is 0 Å². The maximum atomic E-state index is 13.8. The summed E-state index contributed by atoms with van der Waals surface area (Å²) in [6, 6.07) is 9.80. The predicted molar refractivity (Wildman–Crippen MR) is 157 cm³/mol. The molecule has 1 amide bonds. The zero-order chi connectivity index (χ0) is 28.4. The number of nitrogens with zero attached hydrogens (tertiary/aromatic N) is 7. The van der Waals surface area contributed by atoms with E-state index in [1.807, 2.05) is 43.6 Å². The Morgan fingerprint density at radius 2 is 1.95 bits per heavy atom. The number of likely N-dealkylation sites (N-methyl/N-ethyl adjacent to an activating group) is 2. The number of carbonyl (C=O) groups excluding carboxylic acids is 1. The van der Waals surface area contributed by atoms with Crippen LogP contribution >= 0.6 is 11.3 Å². The number of nitrogens with one attached hydrogen (secondary N) is 2. The summed E-state index contributed by atoms with van der Waals surface area (Å²) in [6.45, 7) is 5.11. The van der Waals surface area contributed by atoms with Gasteiger partial charge in [-0.3, -0.25) is 4.79 Å². The van der Waals surface area contributed by atoms with E-state index in [1.54, 1.807) is 23.9 Å². The molecule has 0 aliphatic carbocycles. The smallest absolute Gasteiger partial charge is 0.247 e. The summed E-state index contributed by atoms with van der Waals surface area (Å²) < 4.78 is 21.8. The number of thiophene rings is 1. The van der Waals surface area contributed by atoms with Crippen LogP contribution in [0.15, 0.2) is 54.4 Å². The average Bonchev–Trinajstić information content (AvgIpc) is 3.58. The fourth-order valence-corrected chi connectivity index (χ4v) is 4.93. The van der Waals surface area contributed by atoms with Crippen LogP contribution < -0.4 is 20.3 Å². The van der Waals surface area contributed by atoms with Crippen molar-refractivity contribution in [2.24, 2.45) is 0 Å². The molecule has 2 N–H and O–H groups in total. The lowest BCUT2D eigenvalue weighted by Gasteiger charge is -2.26. The highest BCUT2D eigenvalue weighted by Gasteiger charge is 2.19. The molecule has 0 spiro atoms. The van der Waals surface area contributed by atoms with Gasteiger partial charge in [0, 0.05) is 32.3 Å². The highest BCUT2D eigenvalue weighted by atomic mass is 32.1. The van der Waals surface area contributed by atoms with Gasteiger partial charge in [0.15, 0.2) is 5.82 Å². The Bertz CT molecular complexity index is 1720. The van der Waals surface area contributed by atoms with Crippen molar-refractivity contribution in [3.05, 3.63) is 60.3 Å². The van der Waals surface area contributed by atoms with Gasteiger partial charge in [-0.1, -0.05) is 11.8 Å². The molecular formula is C27H28FN9O2S. The van der Waals surface area contributed by atoms with Gasteiger partial charge in [-0.05, 0) is 49.8 Å². The van der Waals surface area contributed by atoms with E-state index in [0.717, 1.165) is 23.5 Å². The molecule has 0 bridgehead atoms. The highest BCUT2D eigenvalue weighted by molar-refractivity contribution is 7.17. The van der Waals surface area contributed by atoms with E-state index < -0.39 is 5.82 Å². The number of benzene rings is 2. The van der Waals surface area contributed by atoms with Crippen LogP contribution in [0.25, 0.3) is 27.1 Å². The molecule has 0 aliphatic heterocycles. The molecule has 0 atom stereocenters. The van der Waals surface area contributed by atoms with Crippen molar-refractivity contribution in [1.82, 2.24) is 29.9 Å². The first-order valence-corrected chi connectivity index (χ1v) is 13.2. The van der Waals surface area contributed by atoms with Crippen LogP contribution in [-0.2, 0) is 4.79 Å². The lowest BCUT2D eigenvalue weighted by atomic mass is 10.2. The number of ether oxygens (including phenoxy) is 1. The fourth-order valence-electron chi connectivity index (χ4n) is 4.13. The summed E-state index contributed by atoms with van der Waals surface area (Å²) in [7, 11) is 7.52. The standard InChI is InChI=1S/C27H28FN9O2S/c1-6-24(38)29-18-14-20(23(39-5)15-22(18)36(4)11-10-35(2)3)31-27-30-17-9-12-40-25(17)26(32-27)37-21-8-7-16(28)13-19(21)33-34-37/h6-9,12-15H,1,10-11H2,2-5H3,(H,29,38)(H,30,31,32). The third kappa shape index (κ3) is 5.42. The van der Waals surface area contributed by atoms with E-state index in [2.05, 4.69) is 37.4 Å². The molecule has 5 rings (SSSR count). The molecule has 3 aromatic heterocycles. The van der Waals surface area contributed by atoms with Crippen molar-refractivity contribution in [2.75, 3.05) is 56.9 Å². The monoisotopic (exact) mass is 561 g/mol. The number of hydrogen-bond acceptors (Lipinski definition) is 10. The van der Waals surface area contributed by atoms with Gasteiger partial charge in [0.2, 0.25) is 11.9 Å². The van der Waals surface area contributed by atoms with Gasteiger partial charge in [-0.25, -0.2) is 9.37 Å². The van der Waals surface area contributed by atoms with Crippen LogP contribution in [-0.4, -0.2) is 77.1 Å². The van der Waals surface area contributed by atoms with Gasteiger partial charge >= 0.3 is 0 Å². The van der Waals surface area contributed by atoms with Gasteiger partial charge in [0.25, 0.3) is 0 Å². The fraction of sp³-hybridized carbons (Fsp3) is 0.222. The van der Waals surface area contributed by atoms with E-state index in [9.17, 15) is 9.18 Å². The minimum absolute atomic E-state index is 0.277. The second-order valence-electron chi connectivity index (χ2n) is 9.25. The van der Waals surface area contributed by atoms with Crippen molar-refractivity contribution < 1.29 is 13.9 Å². The van der Waals surface area contributed by atoms with Gasteiger partial charge in [-0.15, -0.1) is 16.4 Å². The first kappa shape index (κ1) is 27.0. The van der Waals surface area contributed by atoms with E-state index in [4.69, 9.17) is 9.72 Å². The van der Waals surface area contributed by atoms with Gasteiger partial charge < -0.3 is 25.2 Å². The Morgan fingerprint density at radius 1 is 1.12 bits per heavy atom. The average molecular weight is 562 g/mol. The molecule has 0 aliphatic rings. The molecule has 0 unspecified atom stereocenters. The summed E-state index contributed by atoms with van der Waals surface area (Å²) in [5.41, 5.74) is 3.60. The Hall–Kier alpha value is -4.62. The minimum Gasteiger partial charge on any atom is -0.494 e. The number of methoxy groups -OCH3 is 1. The number of rotatable bonds is 10. The maximum absolute atomic E-state index is 13.8. The molecule has 0 radical (unpaired) electrons. The van der Waals surface area contributed by atoms with Crippen LogP contribution in [0.3, 0.4) is 0 Å². The summed E-state index contributed by atoms with van der Waals surface area (Å²) in [5.74, 6) is 0.565. The Morgan fingerprint density at radius 3 is 2.70 bits per heavy atom. The molecule has 11 nitrogen and oxygen atoms in total. The Labute approximate surface area is 233 Å². The van der Waals surface area contributed by atoms with Crippen LogP contribution in [0.4, 0.5) is 27.4 Å². The van der Waals surface area contributed by atoms with Crippen molar-refractivity contribution in [3.8, 4) is 11.6 Å². The third-order valence-corrected chi connectivity index (χ3v) is 7.09. The largest absolute Gasteiger partial charge is 0.494 e. The molecular weight excluding hydrogens is 533 g/mol. The number of fused-ring (bicyclic) bond motifs is 2. The van der Waals surface area contributed by atoms with E-state index in [-0.39, 0.29) is 11.9 Å². The first-order chi connectivity index (χ1) is 19.3. The lowest BCUT2D eigenvalue weighted by Crippen LogP contribution is -2.29. The number of halogens is 1. The Balaban J connectivity index is 1.58. The second-order valence-corrected chi connectivity index (χ2v) is 10.2. The number of anilines is 4. The summed E-state index contributed by atoms with van der Waals surface area (Å²) in [6.07, 6.45) is 1.22. The quantitative estimate of drug-likeness (QED) is 0.239. The first-order valence-electron chi connectivity index (χ1n) is 12.3. The molecule has 206 valence electrons. The van der Waals surface area contributed by atoms with Crippen molar-refractivity contribution in [1.29, 1.82) is 0 Å². The maximum Gasteiger partial charge on any atom is 0.247 e. The molecule has 13 heteroatoms. The molecule has 5 aromatic rings. The Kier molecular flexibility index (Phi) is 7.58. The normalized spacial score (nSPS) is 11.2. The van der Waals surface area contributed by atoms with E-state index in [1.165, 1.54) is 29.5 Å². The summed E-state index contributed by atoms with van der Waals surface area (Å²) in [5, 5.41) is 16.4. The predicted octanol–water partition coefficient (Wildman–Crippen LogP) is 4.44. The molecule has 2 aromatic carbocycles. The highest BCUT2D eigenvalue weighted by Crippen LogP contribution is 2.38. The van der Waals surface area contributed by atoms with Crippen molar-refractivity contribution in [3.63, 3.8) is 0 Å². The number of aromatic nitrogens is 5. The van der Waals surface area contributed by atoms with Gasteiger partial charge in [0.1, 0.15) is 17.1 Å². The lowest BCUT2D eigenvalue weighted by molar-refractivity contribution is -0.111. The van der Waals surface area contributed by atoms with Gasteiger partial charge in [-0.2, -0.15) is 9.67 Å². The zero-order valence-electron chi connectivity index (χ0n) is 22.5. The molecule has 40 heavy (non-hydrogen) atoms. The number of carbonyl (C=O) groups is 1.